The molecule has 2 saturated heterocycles. The summed E-state index contributed by atoms with van der Waals surface area (Å²) in [5.74, 6) is -0.403. The Labute approximate surface area is 225 Å². The lowest BCUT2D eigenvalue weighted by molar-refractivity contribution is -0.157. The molecular weight excluding hydrogens is 482 g/mol. The lowest BCUT2D eigenvalue weighted by Crippen LogP contribution is -2.66. The number of carbonyl (C=O) groups excluding carboxylic acids is 4. The zero-order chi connectivity index (χ0) is 27.2. The maximum atomic E-state index is 13.0. The van der Waals surface area contributed by atoms with Crippen LogP contribution in [0.4, 0.5) is 0 Å². The summed E-state index contributed by atoms with van der Waals surface area (Å²) in [7, 11) is 7.60. The van der Waals surface area contributed by atoms with Gasteiger partial charge < -0.3 is 19.3 Å². The van der Waals surface area contributed by atoms with Gasteiger partial charge in [0, 0.05) is 36.0 Å². The largest absolute Gasteiger partial charge is 0.489 e. The third-order valence-corrected chi connectivity index (χ3v) is 7.24. The van der Waals surface area contributed by atoms with Gasteiger partial charge in [0.05, 0.1) is 11.9 Å². The van der Waals surface area contributed by atoms with Crippen molar-refractivity contribution in [3.8, 4) is 5.75 Å². The molecule has 38 heavy (non-hydrogen) atoms. The fraction of sp³-hybridized carbons (Fsp3) is 0.360. The zero-order valence-electron chi connectivity index (χ0n) is 22.2. The van der Waals surface area contributed by atoms with Crippen molar-refractivity contribution < 1.29 is 28.7 Å². The molecule has 3 aliphatic heterocycles. The lowest BCUT2D eigenvalue weighted by Gasteiger charge is -2.47. The fourth-order valence-electron chi connectivity index (χ4n) is 5.62. The molecule has 1 N–H and O–H groups in total. The second-order valence-corrected chi connectivity index (χ2v) is 11.3. The highest BCUT2D eigenvalue weighted by Gasteiger charge is 2.44. The van der Waals surface area contributed by atoms with E-state index in [0.717, 1.165) is 16.7 Å². The Morgan fingerprint density at radius 2 is 1.71 bits per heavy atom. The number of hydrogen-bond donors (Lipinski definition) is 1. The summed E-state index contributed by atoms with van der Waals surface area (Å²) in [6, 6.07) is 12.6. The molecule has 3 aliphatic rings. The van der Waals surface area contributed by atoms with Gasteiger partial charge in [-0.1, -0.05) is 30.3 Å². The monoisotopic (exact) mass is 511 g/mol. The van der Waals surface area contributed by atoms with Crippen LogP contribution >= 0.6 is 0 Å². The van der Waals surface area contributed by atoms with E-state index in [1.807, 2.05) is 66.6 Å². The number of rotatable bonds is 6. The smallest absolute Gasteiger partial charge is 0.255 e. The number of nitrogens with zero attached hydrogens (tertiary/aromatic N) is 2. The van der Waals surface area contributed by atoms with Crippen molar-refractivity contribution in [1.29, 1.82) is 0 Å². The fourth-order valence-corrected chi connectivity index (χ4v) is 5.62. The van der Waals surface area contributed by atoms with Crippen molar-refractivity contribution in [2.75, 3.05) is 6.54 Å². The predicted molar refractivity (Wildman–Crippen MR) is 149 cm³/mol. The molecule has 0 radical (unpaired) electrons. The van der Waals surface area contributed by atoms with Crippen molar-refractivity contribution >= 4 is 55.0 Å². The first-order chi connectivity index (χ1) is 17.9. The number of nitrogens with one attached hydrogen (secondary N) is 1. The number of amides is 4. The van der Waals surface area contributed by atoms with E-state index < -0.39 is 22.7 Å². The van der Waals surface area contributed by atoms with Gasteiger partial charge in [0.1, 0.15) is 49.8 Å². The summed E-state index contributed by atoms with van der Waals surface area (Å²) in [5.41, 5.74) is 3.23. The quantitative estimate of drug-likeness (QED) is 0.333. The van der Waals surface area contributed by atoms with E-state index >= 15 is 0 Å². The summed E-state index contributed by atoms with van der Waals surface area (Å²) < 4.78 is 12.1. The Balaban J connectivity index is 1.23. The molecule has 0 bridgehead atoms. The molecule has 0 aromatic heterocycles. The third kappa shape index (κ3) is 5.12. The van der Waals surface area contributed by atoms with E-state index in [1.165, 1.54) is 4.90 Å². The van der Waals surface area contributed by atoms with E-state index in [1.54, 1.807) is 12.1 Å². The average Bonchev–Trinajstić information content (AvgIpc) is 3.18. The maximum absolute atomic E-state index is 13.0. The van der Waals surface area contributed by atoms with Gasteiger partial charge in [-0.2, -0.15) is 0 Å². The predicted octanol–water partition coefficient (Wildman–Crippen LogP) is -2.77. The van der Waals surface area contributed by atoms with E-state index in [4.69, 9.17) is 9.47 Å². The van der Waals surface area contributed by atoms with E-state index in [9.17, 15) is 19.2 Å². The molecule has 0 spiro atoms. The number of carbonyl (C=O) groups is 4. The highest BCUT2D eigenvalue weighted by atomic mass is 16.5. The minimum atomic E-state index is -0.860. The van der Waals surface area contributed by atoms with Crippen LogP contribution in [0.5, 0.6) is 5.75 Å². The minimum Gasteiger partial charge on any atom is -0.489 e. The van der Waals surface area contributed by atoms with Crippen molar-refractivity contribution in [1.82, 2.24) is 15.1 Å². The van der Waals surface area contributed by atoms with Gasteiger partial charge in [0.2, 0.25) is 17.7 Å². The second kappa shape index (κ2) is 9.69. The first-order valence-electron chi connectivity index (χ1n) is 12.9. The van der Waals surface area contributed by atoms with Crippen LogP contribution in [0, 0.1) is 0 Å². The van der Waals surface area contributed by atoms with Crippen LogP contribution < -0.4 is 10.1 Å². The van der Waals surface area contributed by atoms with E-state index in [2.05, 4.69) is 5.32 Å². The van der Waals surface area contributed by atoms with Crippen LogP contribution in [-0.4, -0.2) is 88.2 Å². The van der Waals surface area contributed by atoms with Gasteiger partial charge in [-0.25, -0.2) is 0 Å². The third-order valence-electron chi connectivity index (χ3n) is 7.24. The zero-order valence-corrected chi connectivity index (χ0v) is 22.2. The molecule has 13 heteroatoms. The summed E-state index contributed by atoms with van der Waals surface area (Å²) in [6.07, 6.45) is 0.531. The summed E-state index contributed by atoms with van der Waals surface area (Å²) >= 11 is 0. The van der Waals surface area contributed by atoms with Gasteiger partial charge in [0.25, 0.3) is 5.91 Å². The van der Waals surface area contributed by atoms with Crippen LogP contribution in [0.1, 0.15) is 39.9 Å². The Kier molecular flexibility index (Phi) is 6.67. The summed E-state index contributed by atoms with van der Waals surface area (Å²) in [6.45, 7) is 1.59. The number of ether oxygens (including phenoxy) is 2. The van der Waals surface area contributed by atoms with Gasteiger partial charge in [-0.3, -0.25) is 24.5 Å². The Bertz CT molecular complexity index is 1320. The van der Waals surface area contributed by atoms with Crippen LogP contribution in [0.25, 0.3) is 0 Å². The van der Waals surface area contributed by atoms with Crippen LogP contribution in [-0.2, 0) is 38.8 Å². The Morgan fingerprint density at radius 1 is 1.00 bits per heavy atom. The van der Waals surface area contributed by atoms with E-state index in [-0.39, 0.29) is 30.7 Å². The minimum absolute atomic E-state index is 0.0249. The molecular formula is C25H29B4N3O6. The highest BCUT2D eigenvalue weighted by Crippen LogP contribution is 2.34. The molecule has 4 amide bonds. The number of imide groups is 1. The number of piperidine rings is 1. The van der Waals surface area contributed by atoms with Gasteiger partial charge in [-0.15, -0.1) is 0 Å². The van der Waals surface area contributed by atoms with Crippen LogP contribution in [0.15, 0.2) is 42.5 Å². The van der Waals surface area contributed by atoms with Gasteiger partial charge in [-0.05, 0) is 29.7 Å². The first-order valence-corrected chi connectivity index (χ1v) is 12.9. The SMILES string of the molecule is BC1(B)CN(Cc2ccc(COc3cccc4c3CN(C3CCC(=O)NC3=O)C4=O)cc2)C(=O)C(B)(B)O1. The maximum Gasteiger partial charge on any atom is 0.255 e. The summed E-state index contributed by atoms with van der Waals surface area (Å²) in [4.78, 5) is 53.1. The Morgan fingerprint density at radius 3 is 2.42 bits per heavy atom. The second-order valence-electron chi connectivity index (χ2n) is 11.3. The van der Waals surface area contributed by atoms with E-state index in [0.29, 0.717) is 37.4 Å². The van der Waals surface area contributed by atoms with Crippen molar-refractivity contribution in [3.05, 3.63) is 64.7 Å². The molecule has 2 fully saturated rings. The molecule has 1 atom stereocenters. The number of fused-ring (bicyclic) bond motifs is 1. The highest BCUT2D eigenvalue weighted by molar-refractivity contribution is 6.51. The van der Waals surface area contributed by atoms with Gasteiger partial charge in [0.15, 0.2) is 0 Å². The molecule has 0 saturated carbocycles. The van der Waals surface area contributed by atoms with Gasteiger partial charge >= 0.3 is 0 Å². The topological polar surface area (TPSA) is 105 Å². The first kappa shape index (κ1) is 26.2. The molecule has 9 nitrogen and oxygen atoms in total. The Hall–Kier alpha value is -3.46. The number of morpholine rings is 1. The molecule has 5 rings (SSSR count). The van der Waals surface area contributed by atoms with Crippen molar-refractivity contribution in [2.24, 2.45) is 0 Å². The standard InChI is InChI=1S/C25H29B4N3O6/c26-24(27)13-31(23(36)25(28,29)38-24)10-14-4-6-15(7-5-14)12-37-19-3-1-2-16-17(19)11-32(22(16)35)18-8-9-20(33)30-21(18)34/h1-7,18H,8-13,26-29H2,(H,30,33,34). The molecule has 1 unspecified atom stereocenters. The normalized spacial score (nSPS) is 22.3. The number of hydrogen-bond acceptors (Lipinski definition) is 6. The lowest BCUT2D eigenvalue weighted by atomic mass is 9.57. The molecule has 2 aromatic carbocycles. The van der Waals surface area contributed by atoms with Crippen molar-refractivity contribution in [2.45, 2.75) is 49.4 Å². The summed E-state index contributed by atoms with van der Waals surface area (Å²) in [5, 5.41) is 1.04. The molecule has 0 aliphatic carbocycles. The number of benzene rings is 2. The molecule has 2 aromatic rings. The van der Waals surface area contributed by atoms with Crippen LogP contribution in [0.3, 0.4) is 0 Å². The molecule has 3 heterocycles. The average molecular weight is 511 g/mol. The molecule has 192 valence electrons. The van der Waals surface area contributed by atoms with Crippen LogP contribution in [0.2, 0.25) is 0 Å². The van der Waals surface area contributed by atoms with Crippen molar-refractivity contribution in [3.63, 3.8) is 0 Å².